The summed E-state index contributed by atoms with van der Waals surface area (Å²) in [5.41, 5.74) is -0.570. The molecule has 6 nitrogen and oxygen atoms in total. The lowest BCUT2D eigenvalue weighted by molar-refractivity contribution is 0.0717. The fourth-order valence-electron chi connectivity index (χ4n) is 3.78. The van der Waals surface area contributed by atoms with E-state index in [1.165, 1.54) is 0 Å². The zero-order valence-corrected chi connectivity index (χ0v) is 17.8. The Morgan fingerprint density at radius 1 is 0.529 bits per heavy atom. The number of carbonyl (C=O) groups excluding carboxylic acids is 2. The number of hydrogen-bond acceptors (Lipinski definition) is 6. The maximum Gasteiger partial charge on any atom is 0.347 e. The number of fused-ring (bicyclic) bond motifs is 2. The van der Waals surface area contributed by atoms with Gasteiger partial charge in [-0.05, 0) is 35.0 Å². The van der Waals surface area contributed by atoms with Crippen molar-refractivity contribution in [3.8, 4) is 23.0 Å². The minimum Gasteiger partial charge on any atom is -0.507 e. The highest BCUT2D eigenvalue weighted by Gasteiger charge is 2.22. The van der Waals surface area contributed by atoms with Crippen LogP contribution in [0.25, 0.3) is 21.5 Å². The third kappa shape index (κ3) is 3.89. The van der Waals surface area contributed by atoms with E-state index >= 15 is 0 Å². The molecule has 0 saturated carbocycles. The molecular formula is C28H18O6. The monoisotopic (exact) mass is 450 g/mol. The summed E-state index contributed by atoms with van der Waals surface area (Å²) in [5, 5.41) is 24.1. The second-order valence-corrected chi connectivity index (χ2v) is 7.62. The Morgan fingerprint density at radius 2 is 0.912 bits per heavy atom. The average molecular weight is 450 g/mol. The number of esters is 2. The highest BCUT2D eigenvalue weighted by atomic mass is 16.5. The lowest BCUT2D eigenvalue weighted by atomic mass is 10.1. The number of phenolic OH excluding ortho intramolecular Hbond substituents is 2. The van der Waals surface area contributed by atoms with Gasteiger partial charge in [0, 0.05) is 10.8 Å². The molecule has 6 heteroatoms. The number of ether oxygens (including phenoxy) is 2. The summed E-state index contributed by atoms with van der Waals surface area (Å²) in [6.07, 6.45) is 0. The van der Waals surface area contributed by atoms with Gasteiger partial charge in [-0.25, -0.2) is 9.59 Å². The summed E-state index contributed by atoms with van der Waals surface area (Å²) in [7, 11) is 0. The molecule has 166 valence electrons. The second kappa shape index (κ2) is 8.60. The number of rotatable bonds is 4. The van der Waals surface area contributed by atoms with Crippen molar-refractivity contribution < 1.29 is 29.3 Å². The van der Waals surface area contributed by atoms with Crippen LogP contribution in [0.1, 0.15) is 20.7 Å². The van der Waals surface area contributed by atoms with Crippen LogP contribution in [0.2, 0.25) is 0 Å². The van der Waals surface area contributed by atoms with Gasteiger partial charge in [-0.3, -0.25) is 0 Å². The van der Waals surface area contributed by atoms with E-state index in [1.54, 1.807) is 24.3 Å². The van der Waals surface area contributed by atoms with E-state index in [1.807, 2.05) is 60.7 Å². The Hall–Kier alpha value is -4.84. The summed E-state index contributed by atoms with van der Waals surface area (Å²) in [5.74, 6) is -2.18. The van der Waals surface area contributed by atoms with Crippen LogP contribution in [0.5, 0.6) is 23.0 Å². The lowest BCUT2D eigenvalue weighted by Crippen LogP contribution is -2.12. The molecule has 5 rings (SSSR count). The van der Waals surface area contributed by atoms with Crippen molar-refractivity contribution in [3.05, 3.63) is 108 Å². The molecule has 0 amide bonds. The van der Waals surface area contributed by atoms with Gasteiger partial charge in [0.15, 0.2) is 0 Å². The minimum atomic E-state index is -0.877. The van der Waals surface area contributed by atoms with Gasteiger partial charge in [0.25, 0.3) is 0 Å². The van der Waals surface area contributed by atoms with E-state index in [-0.39, 0.29) is 11.1 Å². The van der Waals surface area contributed by atoms with Crippen LogP contribution in [0.3, 0.4) is 0 Å². The molecule has 34 heavy (non-hydrogen) atoms. The molecule has 0 heterocycles. The van der Waals surface area contributed by atoms with Crippen LogP contribution in [0, 0.1) is 0 Å². The molecule has 0 spiro atoms. The van der Waals surface area contributed by atoms with Gasteiger partial charge in [0.1, 0.15) is 34.1 Å². The number of carbonyl (C=O) groups is 2. The largest absolute Gasteiger partial charge is 0.507 e. The summed E-state index contributed by atoms with van der Waals surface area (Å²) < 4.78 is 10.9. The van der Waals surface area contributed by atoms with Gasteiger partial charge in [-0.1, -0.05) is 72.8 Å². The van der Waals surface area contributed by atoms with Crippen molar-refractivity contribution in [2.24, 2.45) is 0 Å². The van der Waals surface area contributed by atoms with Crippen molar-refractivity contribution in [1.82, 2.24) is 0 Å². The van der Waals surface area contributed by atoms with Crippen LogP contribution in [-0.4, -0.2) is 22.2 Å². The Labute approximate surface area is 194 Å². The zero-order valence-electron chi connectivity index (χ0n) is 17.8. The number of phenols is 2. The fraction of sp³-hybridized carbons (Fsp3) is 0. The number of aromatic hydroxyl groups is 2. The van der Waals surface area contributed by atoms with E-state index in [4.69, 9.17) is 9.47 Å². The third-order valence-corrected chi connectivity index (χ3v) is 5.46. The topological polar surface area (TPSA) is 93.1 Å². The lowest BCUT2D eigenvalue weighted by Gasteiger charge is -2.12. The molecule has 5 aromatic carbocycles. The maximum absolute atomic E-state index is 12.7. The molecule has 0 aromatic heterocycles. The van der Waals surface area contributed by atoms with Crippen LogP contribution >= 0.6 is 0 Å². The van der Waals surface area contributed by atoms with Gasteiger partial charge >= 0.3 is 11.9 Å². The quantitative estimate of drug-likeness (QED) is 0.203. The highest BCUT2D eigenvalue weighted by Crippen LogP contribution is 2.32. The molecule has 0 aliphatic rings. The number of benzene rings is 5. The molecule has 0 fully saturated rings. The summed E-state index contributed by atoms with van der Waals surface area (Å²) in [6, 6.07) is 27.2. The molecule has 0 atom stereocenters. The zero-order chi connectivity index (χ0) is 23.7. The van der Waals surface area contributed by atoms with Crippen molar-refractivity contribution in [2.45, 2.75) is 0 Å². The third-order valence-electron chi connectivity index (χ3n) is 5.46. The predicted molar refractivity (Wildman–Crippen MR) is 128 cm³/mol. The first-order valence-corrected chi connectivity index (χ1v) is 10.5. The molecule has 5 aromatic rings. The normalized spacial score (nSPS) is 10.8. The first-order valence-electron chi connectivity index (χ1n) is 10.5. The van der Waals surface area contributed by atoms with Crippen LogP contribution in [0.15, 0.2) is 97.1 Å². The summed E-state index contributed by atoms with van der Waals surface area (Å²) in [4.78, 5) is 25.5. The standard InChI is InChI=1S/C28H18O6/c29-23-16-22(28(32)34-26-14-6-10-18-8-2-4-12-20(18)26)24(30)15-21(23)27(31)33-25-13-5-9-17-7-1-3-11-19(17)25/h1-16,29-30H. The molecule has 0 aliphatic heterocycles. The molecule has 0 unspecified atom stereocenters. The molecule has 0 radical (unpaired) electrons. The van der Waals surface area contributed by atoms with Crippen LogP contribution in [0.4, 0.5) is 0 Å². The molecule has 0 aliphatic carbocycles. The molecule has 0 saturated heterocycles. The molecule has 2 N–H and O–H groups in total. The van der Waals surface area contributed by atoms with Gasteiger partial charge in [-0.2, -0.15) is 0 Å². The van der Waals surface area contributed by atoms with Crippen molar-refractivity contribution >= 4 is 33.5 Å². The van der Waals surface area contributed by atoms with Crippen LogP contribution < -0.4 is 9.47 Å². The fourth-order valence-corrected chi connectivity index (χ4v) is 3.78. The maximum atomic E-state index is 12.7. The van der Waals surface area contributed by atoms with E-state index in [2.05, 4.69) is 0 Å². The Bertz CT molecular complexity index is 1440. The first kappa shape index (κ1) is 21.0. The van der Waals surface area contributed by atoms with Crippen molar-refractivity contribution in [3.63, 3.8) is 0 Å². The average Bonchev–Trinajstić information content (AvgIpc) is 2.85. The van der Waals surface area contributed by atoms with Gasteiger partial charge in [0.05, 0.1) is 0 Å². The SMILES string of the molecule is O=C(Oc1cccc2ccccc12)c1cc(O)c(C(=O)Oc2cccc3ccccc23)cc1O. The van der Waals surface area contributed by atoms with Gasteiger partial charge in [-0.15, -0.1) is 0 Å². The van der Waals surface area contributed by atoms with E-state index in [0.29, 0.717) is 11.5 Å². The second-order valence-electron chi connectivity index (χ2n) is 7.62. The van der Waals surface area contributed by atoms with E-state index in [0.717, 1.165) is 33.7 Å². The van der Waals surface area contributed by atoms with E-state index < -0.39 is 23.4 Å². The summed E-state index contributed by atoms with van der Waals surface area (Å²) in [6.45, 7) is 0. The Balaban J connectivity index is 1.42. The van der Waals surface area contributed by atoms with Gasteiger partial charge < -0.3 is 19.7 Å². The molecule has 0 bridgehead atoms. The van der Waals surface area contributed by atoms with Crippen molar-refractivity contribution in [2.75, 3.05) is 0 Å². The number of hydrogen-bond donors (Lipinski definition) is 2. The first-order chi connectivity index (χ1) is 16.5. The summed E-state index contributed by atoms with van der Waals surface area (Å²) >= 11 is 0. The smallest absolute Gasteiger partial charge is 0.347 e. The van der Waals surface area contributed by atoms with Crippen molar-refractivity contribution in [1.29, 1.82) is 0 Å². The van der Waals surface area contributed by atoms with Crippen LogP contribution in [-0.2, 0) is 0 Å². The highest BCUT2D eigenvalue weighted by molar-refractivity contribution is 6.01. The predicted octanol–water partition coefficient (Wildman–Crippen LogP) is 5.84. The molecular weight excluding hydrogens is 432 g/mol. The Kier molecular flexibility index (Phi) is 5.32. The van der Waals surface area contributed by atoms with E-state index in [9.17, 15) is 19.8 Å². The van der Waals surface area contributed by atoms with Gasteiger partial charge in [0.2, 0.25) is 0 Å². The Morgan fingerprint density at radius 3 is 1.35 bits per heavy atom. The minimum absolute atomic E-state index is 0.285.